The molecule has 6 nitrogen and oxygen atoms in total. The molecule has 3 aromatic rings. The predicted octanol–water partition coefficient (Wildman–Crippen LogP) is 4.56. The monoisotopic (exact) mass is 445 g/mol. The molecule has 1 aromatic carbocycles. The summed E-state index contributed by atoms with van der Waals surface area (Å²) in [6.45, 7) is 7.52. The standard InChI is InChI=1S/C21H24BrN3O3/c1-14-6-4-7-15(2)20(14)27-13-17-8-9-19(28-17)21(26)23-10-5-11-25-12-18(22)16(3)24-25/h4,6-9,12H,5,10-11,13H2,1-3H3,(H,23,26). The minimum Gasteiger partial charge on any atom is -0.485 e. The molecule has 0 radical (unpaired) electrons. The Morgan fingerprint density at radius 3 is 2.64 bits per heavy atom. The van der Waals surface area contributed by atoms with Crippen molar-refractivity contribution < 1.29 is 13.9 Å². The molecule has 28 heavy (non-hydrogen) atoms. The highest BCUT2D eigenvalue weighted by Gasteiger charge is 2.12. The molecule has 0 saturated heterocycles. The van der Waals surface area contributed by atoms with Crippen molar-refractivity contribution in [3.63, 3.8) is 0 Å². The molecular weight excluding hydrogens is 422 g/mol. The maximum atomic E-state index is 12.2. The lowest BCUT2D eigenvalue weighted by Crippen LogP contribution is -2.24. The van der Waals surface area contributed by atoms with E-state index < -0.39 is 0 Å². The summed E-state index contributed by atoms with van der Waals surface area (Å²) in [6, 6.07) is 9.46. The molecule has 1 amide bonds. The SMILES string of the molecule is Cc1cccc(C)c1OCc1ccc(C(=O)NCCCn2cc(Br)c(C)n2)o1. The van der Waals surface area contributed by atoms with E-state index in [0.29, 0.717) is 12.3 Å². The van der Waals surface area contributed by atoms with Crippen molar-refractivity contribution in [3.8, 4) is 5.75 Å². The predicted molar refractivity (Wildman–Crippen MR) is 111 cm³/mol. The van der Waals surface area contributed by atoms with Gasteiger partial charge < -0.3 is 14.5 Å². The van der Waals surface area contributed by atoms with Crippen LogP contribution in [0.15, 0.2) is 45.4 Å². The molecule has 0 aliphatic carbocycles. The molecular formula is C21H24BrN3O3. The van der Waals surface area contributed by atoms with Crippen LogP contribution in [-0.2, 0) is 13.2 Å². The fourth-order valence-electron chi connectivity index (χ4n) is 2.89. The maximum absolute atomic E-state index is 12.2. The van der Waals surface area contributed by atoms with Gasteiger partial charge in [0, 0.05) is 19.3 Å². The molecule has 148 valence electrons. The van der Waals surface area contributed by atoms with Gasteiger partial charge in [-0.05, 0) is 66.4 Å². The van der Waals surface area contributed by atoms with E-state index in [9.17, 15) is 4.79 Å². The van der Waals surface area contributed by atoms with Crippen LogP contribution < -0.4 is 10.1 Å². The molecule has 0 atom stereocenters. The Bertz CT molecular complexity index is 922. The Hall–Kier alpha value is -2.54. The third kappa shape index (κ3) is 5.04. The van der Waals surface area contributed by atoms with Gasteiger partial charge in [0.05, 0.1) is 10.2 Å². The first kappa shape index (κ1) is 20.2. The highest BCUT2D eigenvalue weighted by Crippen LogP contribution is 2.23. The van der Waals surface area contributed by atoms with E-state index in [4.69, 9.17) is 9.15 Å². The molecule has 2 aromatic heterocycles. The number of nitrogens with zero attached hydrogens (tertiary/aromatic N) is 2. The quantitative estimate of drug-likeness (QED) is 0.515. The van der Waals surface area contributed by atoms with Crippen molar-refractivity contribution in [1.29, 1.82) is 0 Å². The van der Waals surface area contributed by atoms with Gasteiger partial charge in [0.25, 0.3) is 5.91 Å². The first-order valence-corrected chi connectivity index (χ1v) is 9.99. The number of aryl methyl sites for hydroxylation is 4. The lowest BCUT2D eigenvalue weighted by atomic mass is 10.1. The van der Waals surface area contributed by atoms with Crippen LogP contribution in [-0.4, -0.2) is 22.2 Å². The summed E-state index contributed by atoms with van der Waals surface area (Å²) in [6.07, 6.45) is 2.72. The van der Waals surface area contributed by atoms with E-state index in [-0.39, 0.29) is 18.3 Å². The number of carbonyl (C=O) groups is 1. The number of benzene rings is 1. The topological polar surface area (TPSA) is 69.3 Å². The molecule has 0 unspecified atom stereocenters. The molecule has 0 fully saturated rings. The first-order valence-electron chi connectivity index (χ1n) is 9.19. The summed E-state index contributed by atoms with van der Waals surface area (Å²) >= 11 is 3.44. The van der Waals surface area contributed by atoms with Crippen molar-refractivity contribution in [1.82, 2.24) is 15.1 Å². The molecule has 0 spiro atoms. The highest BCUT2D eigenvalue weighted by atomic mass is 79.9. The third-order valence-electron chi connectivity index (χ3n) is 4.39. The van der Waals surface area contributed by atoms with Crippen LogP contribution in [0.1, 0.15) is 39.6 Å². The van der Waals surface area contributed by atoms with Crippen LogP contribution >= 0.6 is 15.9 Å². The molecule has 0 saturated carbocycles. The zero-order valence-electron chi connectivity index (χ0n) is 16.3. The van der Waals surface area contributed by atoms with Gasteiger partial charge in [0.2, 0.25) is 0 Å². The van der Waals surface area contributed by atoms with Crippen LogP contribution in [0, 0.1) is 20.8 Å². The molecule has 3 rings (SSSR count). The summed E-state index contributed by atoms with van der Waals surface area (Å²) in [4.78, 5) is 12.2. The molecule has 2 heterocycles. The largest absolute Gasteiger partial charge is 0.485 e. The Labute approximate surface area is 173 Å². The van der Waals surface area contributed by atoms with Crippen molar-refractivity contribution >= 4 is 21.8 Å². The average Bonchev–Trinajstić information content (AvgIpc) is 3.25. The number of hydrogen-bond acceptors (Lipinski definition) is 4. The smallest absolute Gasteiger partial charge is 0.286 e. The normalized spacial score (nSPS) is 10.9. The fraction of sp³-hybridized carbons (Fsp3) is 0.333. The number of nitrogens with one attached hydrogen (secondary N) is 1. The lowest BCUT2D eigenvalue weighted by molar-refractivity contribution is 0.0920. The van der Waals surface area contributed by atoms with E-state index in [1.807, 2.05) is 49.8 Å². The average molecular weight is 446 g/mol. The molecule has 1 N–H and O–H groups in total. The summed E-state index contributed by atoms with van der Waals surface area (Å²) < 4.78 is 14.3. The van der Waals surface area contributed by atoms with Crippen LogP contribution in [0.2, 0.25) is 0 Å². The number of para-hydroxylation sites is 1. The van der Waals surface area contributed by atoms with Gasteiger partial charge in [-0.15, -0.1) is 0 Å². The third-order valence-corrected chi connectivity index (χ3v) is 5.17. The number of aromatic nitrogens is 2. The zero-order chi connectivity index (χ0) is 20.1. The van der Waals surface area contributed by atoms with E-state index in [2.05, 4.69) is 26.3 Å². The summed E-state index contributed by atoms with van der Waals surface area (Å²) in [7, 11) is 0. The van der Waals surface area contributed by atoms with Crippen LogP contribution in [0.25, 0.3) is 0 Å². The number of ether oxygens (including phenoxy) is 1. The lowest BCUT2D eigenvalue weighted by Gasteiger charge is -2.10. The number of rotatable bonds is 8. The summed E-state index contributed by atoms with van der Waals surface area (Å²) in [5.41, 5.74) is 3.10. The second kappa shape index (κ2) is 9.10. The Kier molecular flexibility index (Phi) is 6.57. The number of halogens is 1. The van der Waals surface area contributed by atoms with Crippen molar-refractivity contribution in [3.05, 3.63) is 69.3 Å². The zero-order valence-corrected chi connectivity index (χ0v) is 17.9. The van der Waals surface area contributed by atoms with E-state index in [0.717, 1.165) is 40.0 Å². The first-order chi connectivity index (χ1) is 13.4. The maximum Gasteiger partial charge on any atom is 0.286 e. The van der Waals surface area contributed by atoms with Crippen LogP contribution in [0.3, 0.4) is 0 Å². The second-order valence-electron chi connectivity index (χ2n) is 6.71. The van der Waals surface area contributed by atoms with E-state index in [1.165, 1.54) is 0 Å². The van der Waals surface area contributed by atoms with Gasteiger partial charge in [0.15, 0.2) is 5.76 Å². The van der Waals surface area contributed by atoms with Crippen LogP contribution in [0.4, 0.5) is 0 Å². The van der Waals surface area contributed by atoms with Gasteiger partial charge in [0.1, 0.15) is 18.1 Å². The van der Waals surface area contributed by atoms with Gasteiger partial charge in [-0.1, -0.05) is 18.2 Å². The van der Waals surface area contributed by atoms with Crippen molar-refractivity contribution in [2.45, 2.75) is 40.3 Å². The molecule has 0 bridgehead atoms. The van der Waals surface area contributed by atoms with Gasteiger partial charge in [-0.2, -0.15) is 5.10 Å². The molecule has 0 aliphatic heterocycles. The minimum absolute atomic E-state index is 0.226. The van der Waals surface area contributed by atoms with Gasteiger partial charge >= 0.3 is 0 Å². The Balaban J connectivity index is 1.46. The Morgan fingerprint density at radius 2 is 1.96 bits per heavy atom. The van der Waals surface area contributed by atoms with E-state index >= 15 is 0 Å². The number of hydrogen-bond donors (Lipinski definition) is 1. The molecule has 0 aliphatic rings. The highest BCUT2D eigenvalue weighted by molar-refractivity contribution is 9.10. The minimum atomic E-state index is -0.226. The number of carbonyl (C=O) groups excluding carboxylic acids is 1. The van der Waals surface area contributed by atoms with E-state index in [1.54, 1.807) is 12.1 Å². The fourth-order valence-corrected chi connectivity index (χ4v) is 3.20. The number of furan rings is 1. The summed E-state index contributed by atoms with van der Waals surface area (Å²) in [5.74, 6) is 1.53. The summed E-state index contributed by atoms with van der Waals surface area (Å²) in [5, 5.41) is 7.24. The van der Waals surface area contributed by atoms with Crippen molar-refractivity contribution in [2.24, 2.45) is 0 Å². The van der Waals surface area contributed by atoms with Crippen molar-refractivity contribution in [2.75, 3.05) is 6.54 Å². The number of amides is 1. The van der Waals surface area contributed by atoms with Gasteiger partial charge in [-0.3, -0.25) is 9.48 Å². The molecule has 7 heteroatoms. The van der Waals surface area contributed by atoms with Crippen LogP contribution in [0.5, 0.6) is 5.75 Å². The second-order valence-corrected chi connectivity index (χ2v) is 7.56. The van der Waals surface area contributed by atoms with Gasteiger partial charge in [-0.25, -0.2) is 0 Å². The Morgan fingerprint density at radius 1 is 1.21 bits per heavy atom.